The van der Waals surface area contributed by atoms with Gasteiger partial charge in [-0.1, -0.05) is 30.3 Å². The summed E-state index contributed by atoms with van der Waals surface area (Å²) in [5, 5.41) is 2.44. The number of carbonyl (C=O) groups is 2. The molecule has 0 aliphatic rings. The molecule has 0 atom stereocenters. The standard InChI is InChI=1S/C15H16N2O3/c1-12-6-5-9-17(12)14(18)10-16-15(19)20-11-13-7-3-2-4-8-13/h2-9H,10-11H2,1H3,(H,16,19). The van der Waals surface area contributed by atoms with Crippen molar-refractivity contribution in [2.45, 2.75) is 13.5 Å². The van der Waals surface area contributed by atoms with Crippen LogP contribution in [0.25, 0.3) is 0 Å². The van der Waals surface area contributed by atoms with Gasteiger partial charge in [-0.2, -0.15) is 0 Å². The minimum absolute atomic E-state index is 0.0941. The number of nitrogens with zero attached hydrogens (tertiary/aromatic N) is 1. The zero-order valence-corrected chi connectivity index (χ0v) is 11.2. The van der Waals surface area contributed by atoms with Crippen molar-refractivity contribution in [1.82, 2.24) is 9.88 Å². The van der Waals surface area contributed by atoms with Gasteiger partial charge in [0, 0.05) is 11.9 Å². The summed E-state index contributed by atoms with van der Waals surface area (Å²) in [6.07, 6.45) is 1.06. The number of nitrogens with one attached hydrogen (secondary N) is 1. The van der Waals surface area contributed by atoms with E-state index in [0.29, 0.717) is 0 Å². The summed E-state index contributed by atoms with van der Waals surface area (Å²) in [7, 11) is 0. The fourth-order valence-electron chi connectivity index (χ4n) is 1.75. The maximum absolute atomic E-state index is 11.8. The molecule has 0 aliphatic carbocycles. The molecule has 5 nitrogen and oxygen atoms in total. The van der Waals surface area contributed by atoms with Crippen molar-refractivity contribution < 1.29 is 14.3 Å². The van der Waals surface area contributed by atoms with Crippen LogP contribution in [0.15, 0.2) is 48.7 Å². The molecule has 104 valence electrons. The Hall–Kier alpha value is -2.56. The predicted octanol–water partition coefficient (Wildman–Crippen LogP) is 2.36. The van der Waals surface area contributed by atoms with Gasteiger partial charge in [0.25, 0.3) is 0 Å². The van der Waals surface area contributed by atoms with E-state index in [1.807, 2.05) is 43.3 Å². The van der Waals surface area contributed by atoms with E-state index in [0.717, 1.165) is 11.3 Å². The van der Waals surface area contributed by atoms with E-state index in [-0.39, 0.29) is 19.1 Å². The van der Waals surface area contributed by atoms with Crippen LogP contribution in [0.5, 0.6) is 0 Å². The lowest BCUT2D eigenvalue weighted by atomic mass is 10.2. The number of benzene rings is 1. The second-order valence-corrected chi connectivity index (χ2v) is 4.33. The molecule has 0 bridgehead atoms. The molecule has 0 saturated carbocycles. The van der Waals surface area contributed by atoms with Crippen molar-refractivity contribution in [2.24, 2.45) is 0 Å². The fourth-order valence-corrected chi connectivity index (χ4v) is 1.75. The van der Waals surface area contributed by atoms with E-state index in [4.69, 9.17) is 4.74 Å². The molecule has 0 aliphatic heterocycles. The summed E-state index contributed by atoms with van der Waals surface area (Å²) >= 11 is 0. The number of hydrogen-bond donors (Lipinski definition) is 1. The van der Waals surface area contributed by atoms with Crippen LogP contribution in [0, 0.1) is 6.92 Å². The van der Waals surface area contributed by atoms with Crippen molar-refractivity contribution in [2.75, 3.05) is 6.54 Å². The molecule has 2 aromatic rings. The van der Waals surface area contributed by atoms with E-state index < -0.39 is 6.09 Å². The minimum atomic E-state index is -0.605. The van der Waals surface area contributed by atoms with Gasteiger partial charge in [0.1, 0.15) is 13.2 Å². The van der Waals surface area contributed by atoms with Crippen molar-refractivity contribution in [3.63, 3.8) is 0 Å². The molecule has 1 aromatic heterocycles. The zero-order chi connectivity index (χ0) is 14.4. The summed E-state index contributed by atoms with van der Waals surface area (Å²) in [4.78, 5) is 23.3. The average molecular weight is 272 g/mol. The van der Waals surface area contributed by atoms with E-state index in [2.05, 4.69) is 5.32 Å². The summed E-state index contributed by atoms with van der Waals surface area (Å²) in [6, 6.07) is 13.0. The minimum Gasteiger partial charge on any atom is -0.445 e. The number of alkyl carbamates (subject to hydrolysis) is 1. The predicted molar refractivity (Wildman–Crippen MR) is 74.4 cm³/mol. The molecule has 0 unspecified atom stereocenters. The lowest BCUT2D eigenvalue weighted by Gasteiger charge is -2.08. The smallest absolute Gasteiger partial charge is 0.407 e. The van der Waals surface area contributed by atoms with Crippen LogP contribution in [0.3, 0.4) is 0 Å². The van der Waals surface area contributed by atoms with E-state index in [1.165, 1.54) is 4.57 Å². The quantitative estimate of drug-likeness (QED) is 0.929. The molecular weight excluding hydrogens is 256 g/mol. The molecule has 1 amide bonds. The lowest BCUT2D eigenvalue weighted by molar-refractivity contribution is 0.0895. The molecule has 1 N–H and O–H groups in total. The van der Waals surface area contributed by atoms with Crippen LogP contribution in [0.1, 0.15) is 16.1 Å². The van der Waals surface area contributed by atoms with Crippen molar-refractivity contribution in [3.05, 3.63) is 59.9 Å². The normalized spacial score (nSPS) is 10.1. The monoisotopic (exact) mass is 272 g/mol. The highest BCUT2D eigenvalue weighted by Crippen LogP contribution is 2.01. The van der Waals surface area contributed by atoms with Gasteiger partial charge < -0.3 is 10.1 Å². The molecule has 0 fully saturated rings. The Kier molecular flexibility index (Phi) is 4.55. The summed E-state index contributed by atoms with van der Waals surface area (Å²) in [6.45, 7) is 1.91. The Morgan fingerprint density at radius 3 is 2.55 bits per heavy atom. The van der Waals surface area contributed by atoms with Crippen molar-refractivity contribution in [1.29, 1.82) is 0 Å². The van der Waals surface area contributed by atoms with Gasteiger partial charge in [-0.3, -0.25) is 9.36 Å². The first-order valence-corrected chi connectivity index (χ1v) is 6.28. The fraction of sp³-hybridized carbons (Fsp3) is 0.200. The first-order chi connectivity index (χ1) is 9.66. The van der Waals surface area contributed by atoms with Gasteiger partial charge in [-0.25, -0.2) is 4.79 Å². The van der Waals surface area contributed by atoms with Gasteiger partial charge in [0.15, 0.2) is 0 Å². The summed E-state index contributed by atoms with van der Waals surface area (Å²) in [5.74, 6) is -0.204. The van der Waals surface area contributed by atoms with Gasteiger partial charge in [-0.05, 0) is 24.6 Å². The Morgan fingerprint density at radius 1 is 1.15 bits per heavy atom. The van der Waals surface area contributed by atoms with Crippen LogP contribution in [0.2, 0.25) is 0 Å². The van der Waals surface area contributed by atoms with Gasteiger partial charge in [-0.15, -0.1) is 0 Å². The maximum Gasteiger partial charge on any atom is 0.407 e. The third-order valence-electron chi connectivity index (χ3n) is 2.82. The highest BCUT2D eigenvalue weighted by atomic mass is 16.5. The number of aryl methyl sites for hydroxylation is 1. The SMILES string of the molecule is Cc1cccn1C(=O)CNC(=O)OCc1ccccc1. The maximum atomic E-state index is 11.8. The third-order valence-corrected chi connectivity index (χ3v) is 2.82. The number of amides is 1. The first kappa shape index (κ1) is 13.9. The summed E-state index contributed by atoms with van der Waals surface area (Å²) in [5.41, 5.74) is 1.73. The first-order valence-electron chi connectivity index (χ1n) is 6.28. The van der Waals surface area contributed by atoms with Crippen LogP contribution in [-0.2, 0) is 11.3 Å². The highest BCUT2D eigenvalue weighted by molar-refractivity contribution is 5.84. The van der Waals surface area contributed by atoms with E-state index in [1.54, 1.807) is 12.3 Å². The number of hydrogen-bond acceptors (Lipinski definition) is 3. The molecule has 1 aromatic carbocycles. The molecule has 2 rings (SSSR count). The largest absolute Gasteiger partial charge is 0.445 e. The van der Waals surface area contributed by atoms with Crippen LogP contribution in [-0.4, -0.2) is 23.1 Å². The van der Waals surface area contributed by atoms with Gasteiger partial charge >= 0.3 is 6.09 Å². The molecule has 0 saturated heterocycles. The Labute approximate surface area is 117 Å². The summed E-state index contributed by atoms with van der Waals surface area (Å²) < 4.78 is 6.50. The molecule has 1 heterocycles. The Balaban J connectivity index is 1.75. The average Bonchev–Trinajstić information content (AvgIpc) is 2.90. The van der Waals surface area contributed by atoms with E-state index in [9.17, 15) is 9.59 Å². The van der Waals surface area contributed by atoms with Crippen molar-refractivity contribution in [3.8, 4) is 0 Å². The number of aromatic nitrogens is 1. The molecule has 20 heavy (non-hydrogen) atoms. The second-order valence-electron chi connectivity index (χ2n) is 4.33. The lowest BCUT2D eigenvalue weighted by Crippen LogP contribution is -2.32. The number of carbonyl (C=O) groups excluding carboxylic acids is 2. The third kappa shape index (κ3) is 3.71. The zero-order valence-electron chi connectivity index (χ0n) is 11.2. The molecule has 5 heteroatoms. The molecule has 0 spiro atoms. The van der Waals surface area contributed by atoms with Crippen LogP contribution in [0.4, 0.5) is 4.79 Å². The van der Waals surface area contributed by atoms with Crippen LogP contribution < -0.4 is 5.32 Å². The molecule has 0 radical (unpaired) electrons. The Bertz CT molecular complexity index is 590. The van der Waals surface area contributed by atoms with Gasteiger partial charge in [0.05, 0.1) is 0 Å². The van der Waals surface area contributed by atoms with Crippen LogP contribution >= 0.6 is 0 Å². The number of ether oxygens (including phenoxy) is 1. The van der Waals surface area contributed by atoms with Gasteiger partial charge in [0.2, 0.25) is 5.91 Å². The van der Waals surface area contributed by atoms with Crippen molar-refractivity contribution >= 4 is 12.0 Å². The van der Waals surface area contributed by atoms with E-state index >= 15 is 0 Å². The molecular formula is C15H16N2O3. The topological polar surface area (TPSA) is 60.3 Å². The highest BCUT2D eigenvalue weighted by Gasteiger charge is 2.09. The number of rotatable bonds is 4. The Morgan fingerprint density at radius 2 is 1.90 bits per heavy atom. The second kappa shape index (κ2) is 6.56.